The topological polar surface area (TPSA) is 49.6 Å². The molecule has 16 heavy (non-hydrogen) atoms. The van der Waals surface area contributed by atoms with Gasteiger partial charge in [0.2, 0.25) is 0 Å². The number of hydrogen-bond donors (Lipinski definition) is 2. The van der Waals surface area contributed by atoms with Gasteiger partial charge in [-0.3, -0.25) is 4.40 Å². The van der Waals surface area contributed by atoms with Gasteiger partial charge in [-0.2, -0.15) is 0 Å². The van der Waals surface area contributed by atoms with E-state index in [2.05, 4.69) is 26.2 Å². The summed E-state index contributed by atoms with van der Waals surface area (Å²) in [5, 5.41) is 13.2. The highest BCUT2D eigenvalue weighted by molar-refractivity contribution is 9.10. The fourth-order valence-corrected chi connectivity index (χ4v) is 2.83. The van der Waals surface area contributed by atoms with Gasteiger partial charge in [0.05, 0.1) is 6.04 Å². The molecule has 4 nitrogen and oxygen atoms in total. The van der Waals surface area contributed by atoms with Gasteiger partial charge in [-0.25, -0.2) is 4.98 Å². The van der Waals surface area contributed by atoms with Crippen LogP contribution in [0.5, 0.6) is 5.75 Å². The third-order valence-electron chi connectivity index (χ3n) is 3.00. The van der Waals surface area contributed by atoms with Gasteiger partial charge in [0.1, 0.15) is 21.7 Å². The molecule has 1 atom stereocenters. The number of aromatic hydroxyl groups is 1. The molecule has 0 spiro atoms. The Morgan fingerprint density at radius 3 is 3.19 bits per heavy atom. The molecule has 3 heterocycles. The van der Waals surface area contributed by atoms with E-state index in [0.717, 1.165) is 24.3 Å². The second kappa shape index (κ2) is 3.75. The van der Waals surface area contributed by atoms with Gasteiger partial charge in [0, 0.05) is 6.20 Å². The van der Waals surface area contributed by atoms with E-state index in [-0.39, 0.29) is 5.75 Å². The van der Waals surface area contributed by atoms with Gasteiger partial charge in [-0.15, -0.1) is 0 Å². The van der Waals surface area contributed by atoms with Crippen LogP contribution in [-0.2, 0) is 0 Å². The first-order chi connectivity index (χ1) is 7.77. The summed E-state index contributed by atoms with van der Waals surface area (Å²) in [6, 6.07) is 3.79. The molecule has 0 aliphatic carbocycles. The predicted octanol–water partition coefficient (Wildman–Crippen LogP) is 2.23. The summed E-state index contributed by atoms with van der Waals surface area (Å²) in [4.78, 5) is 4.49. The van der Waals surface area contributed by atoms with Crippen molar-refractivity contribution in [2.75, 3.05) is 6.54 Å². The Labute approximate surface area is 101 Å². The molecule has 84 valence electrons. The van der Waals surface area contributed by atoms with Gasteiger partial charge in [-0.1, -0.05) is 0 Å². The summed E-state index contributed by atoms with van der Waals surface area (Å²) in [6.45, 7) is 1.04. The van der Waals surface area contributed by atoms with Crippen LogP contribution in [0.3, 0.4) is 0 Å². The largest absolute Gasteiger partial charge is 0.506 e. The van der Waals surface area contributed by atoms with Crippen LogP contribution in [0.1, 0.15) is 24.7 Å². The molecule has 5 heteroatoms. The second-order valence-corrected chi connectivity index (χ2v) is 4.77. The fraction of sp³-hybridized carbons (Fsp3) is 0.364. The quantitative estimate of drug-likeness (QED) is 0.843. The third-order valence-corrected chi connectivity index (χ3v) is 3.55. The first-order valence-electron chi connectivity index (χ1n) is 5.36. The number of nitrogens with zero attached hydrogens (tertiary/aromatic N) is 2. The number of nitrogens with one attached hydrogen (secondary N) is 1. The van der Waals surface area contributed by atoms with Crippen LogP contribution in [0, 0.1) is 0 Å². The summed E-state index contributed by atoms with van der Waals surface area (Å²) in [6.07, 6.45) is 4.21. The molecule has 0 bridgehead atoms. The van der Waals surface area contributed by atoms with Gasteiger partial charge in [-0.05, 0) is 47.4 Å². The molecule has 0 aromatic carbocycles. The van der Waals surface area contributed by atoms with Crippen LogP contribution >= 0.6 is 15.9 Å². The lowest BCUT2D eigenvalue weighted by Crippen LogP contribution is -2.15. The molecule has 1 fully saturated rings. The van der Waals surface area contributed by atoms with E-state index in [1.54, 1.807) is 6.07 Å². The molecule has 0 amide bonds. The van der Waals surface area contributed by atoms with Crippen molar-refractivity contribution in [3.05, 3.63) is 28.8 Å². The predicted molar refractivity (Wildman–Crippen MR) is 64.5 cm³/mol. The lowest BCUT2D eigenvalue weighted by Gasteiger charge is -2.08. The number of aromatic nitrogens is 2. The molecule has 1 aliphatic rings. The summed E-state index contributed by atoms with van der Waals surface area (Å²) in [5.41, 5.74) is 0.742. The van der Waals surface area contributed by atoms with Crippen LogP contribution in [0.25, 0.3) is 5.52 Å². The van der Waals surface area contributed by atoms with Crippen molar-refractivity contribution in [3.63, 3.8) is 0 Å². The van der Waals surface area contributed by atoms with Crippen LogP contribution < -0.4 is 5.32 Å². The van der Waals surface area contributed by atoms with Crippen LogP contribution in [0.4, 0.5) is 0 Å². The highest BCUT2D eigenvalue weighted by Crippen LogP contribution is 2.31. The fourth-order valence-electron chi connectivity index (χ4n) is 2.25. The number of rotatable bonds is 1. The molecule has 1 unspecified atom stereocenters. The monoisotopic (exact) mass is 281 g/mol. The number of pyridine rings is 1. The van der Waals surface area contributed by atoms with Crippen molar-refractivity contribution < 1.29 is 5.11 Å². The third kappa shape index (κ3) is 1.43. The molecule has 2 aromatic rings. The molecule has 1 saturated heterocycles. The number of fused-ring (bicyclic) bond motifs is 1. The van der Waals surface area contributed by atoms with Crippen LogP contribution in [0.15, 0.2) is 22.9 Å². The maximum atomic E-state index is 9.80. The Morgan fingerprint density at radius 1 is 1.56 bits per heavy atom. The minimum atomic E-state index is 0.256. The van der Waals surface area contributed by atoms with E-state index < -0.39 is 0 Å². The lowest BCUT2D eigenvalue weighted by molar-refractivity contribution is 0.478. The molecule has 0 saturated carbocycles. The first-order valence-corrected chi connectivity index (χ1v) is 6.15. The molecular weight excluding hydrogens is 270 g/mol. The highest BCUT2D eigenvalue weighted by Gasteiger charge is 2.23. The van der Waals surface area contributed by atoms with E-state index in [9.17, 15) is 5.11 Å². The molecule has 1 aliphatic heterocycles. The van der Waals surface area contributed by atoms with Crippen molar-refractivity contribution in [2.45, 2.75) is 18.9 Å². The zero-order valence-electron chi connectivity index (χ0n) is 8.65. The van der Waals surface area contributed by atoms with Crippen molar-refractivity contribution in [2.24, 2.45) is 0 Å². The second-order valence-electron chi connectivity index (χ2n) is 4.02. The normalized spacial score (nSPS) is 20.7. The first kappa shape index (κ1) is 10.1. The Morgan fingerprint density at radius 2 is 2.44 bits per heavy atom. The molecule has 2 aromatic heterocycles. The number of imidazole rings is 1. The Balaban J connectivity index is 2.22. The molecular formula is C11H12BrN3O. The highest BCUT2D eigenvalue weighted by atomic mass is 79.9. The van der Waals surface area contributed by atoms with E-state index >= 15 is 0 Å². The van der Waals surface area contributed by atoms with Crippen molar-refractivity contribution in [3.8, 4) is 5.75 Å². The van der Waals surface area contributed by atoms with E-state index in [1.807, 2.05) is 16.7 Å². The van der Waals surface area contributed by atoms with Crippen molar-refractivity contribution in [1.82, 2.24) is 14.7 Å². The lowest BCUT2D eigenvalue weighted by atomic mass is 10.2. The Bertz CT molecular complexity index is 531. The Kier molecular flexibility index (Phi) is 2.37. The maximum absolute atomic E-state index is 9.80. The van der Waals surface area contributed by atoms with Gasteiger partial charge >= 0.3 is 0 Å². The van der Waals surface area contributed by atoms with E-state index in [4.69, 9.17) is 0 Å². The zero-order valence-corrected chi connectivity index (χ0v) is 10.2. The molecule has 2 N–H and O–H groups in total. The average molecular weight is 282 g/mol. The Hall–Kier alpha value is -1.07. The average Bonchev–Trinajstić information content (AvgIpc) is 2.86. The number of hydrogen-bond acceptors (Lipinski definition) is 3. The van der Waals surface area contributed by atoms with Crippen LogP contribution in [-0.4, -0.2) is 21.0 Å². The van der Waals surface area contributed by atoms with E-state index in [0.29, 0.717) is 10.6 Å². The number of halogens is 1. The van der Waals surface area contributed by atoms with Gasteiger partial charge < -0.3 is 10.4 Å². The van der Waals surface area contributed by atoms with Crippen LogP contribution in [0.2, 0.25) is 0 Å². The molecule has 3 rings (SSSR count). The van der Waals surface area contributed by atoms with E-state index in [1.165, 1.54) is 6.42 Å². The van der Waals surface area contributed by atoms with Crippen molar-refractivity contribution in [1.29, 1.82) is 0 Å². The standard InChI is InChI=1S/C11H12BrN3O/c12-10-9-8(16)4-2-6-15(9)11(14-10)7-3-1-5-13-7/h2,4,6-7,13,16H,1,3,5H2. The maximum Gasteiger partial charge on any atom is 0.142 e. The minimum Gasteiger partial charge on any atom is -0.506 e. The summed E-state index contributed by atoms with van der Waals surface area (Å²) >= 11 is 3.40. The SMILES string of the molecule is Oc1cccn2c(C3CCCN3)nc(Br)c12. The molecule has 0 radical (unpaired) electrons. The summed E-state index contributed by atoms with van der Waals surface area (Å²) in [7, 11) is 0. The van der Waals surface area contributed by atoms with Gasteiger partial charge in [0.15, 0.2) is 0 Å². The summed E-state index contributed by atoms with van der Waals surface area (Å²) < 4.78 is 2.65. The minimum absolute atomic E-state index is 0.256. The zero-order chi connectivity index (χ0) is 11.1. The van der Waals surface area contributed by atoms with Crippen molar-refractivity contribution >= 4 is 21.4 Å². The smallest absolute Gasteiger partial charge is 0.142 e. The van der Waals surface area contributed by atoms with Gasteiger partial charge in [0.25, 0.3) is 0 Å². The summed E-state index contributed by atoms with van der Waals surface area (Å²) in [5.74, 6) is 1.22.